The number of halogens is 4. The van der Waals surface area contributed by atoms with Gasteiger partial charge in [0.05, 0.1) is 18.8 Å². The minimum atomic E-state index is 0.496. The Balaban J connectivity index is 2.08. The van der Waals surface area contributed by atoms with E-state index in [4.69, 9.17) is 16.6 Å². The Kier molecular flexibility index (Phi) is 4.87. The Morgan fingerprint density at radius 1 is 1.15 bits per heavy atom. The highest BCUT2D eigenvalue weighted by Gasteiger charge is 2.24. The molecule has 106 valence electrons. The lowest BCUT2D eigenvalue weighted by Crippen LogP contribution is -2.02. The molecule has 2 aromatic rings. The minimum Gasteiger partial charge on any atom is -0.231 e. The largest absolute Gasteiger partial charge is 0.231 e. The number of rotatable bonds is 2. The standard InChI is InChI=1S/C13H10Br3ClN2S/c14-7-5-8(20-11(7)16)13-18-10(6-3-1-2-4-6)9(15)12(17)19-13/h5-6H,1-4H2. The predicted molar refractivity (Wildman–Crippen MR) is 94.7 cm³/mol. The number of aromatic nitrogens is 2. The van der Waals surface area contributed by atoms with Crippen LogP contribution in [-0.2, 0) is 0 Å². The summed E-state index contributed by atoms with van der Waals surface area (Å²) >= 11 is 18.4. The molecule has 0 unspecified atom stereocenters. The second-order valence-corrected chi connectivity index (χ2v) is 9.13. The first-order valence-corrected chi connectivity index (χ1v) is 9.81. The molecule has 1 fully saturated rings. The Morgan fingerprint density at radius 3 is 2.45 bits per heavy atom. The third kappa shape index (κ3) is 3.00. The molecular formula is C13H10Br3ClN2S. The lowest BCUT2D eigenvalue weighted by atomic mass is 10.0. The molecule has 0 saturated heterocycles. The smallest absolute Gasteiger partial charge is 0.171 e. The molecule has 0 spiro atoms. The normalized spacial score (nSPS) is 16.0. The molecular weight excluding hydrogens is 491 g/mol. The van der Waals surface area contributed by atoms with E-state index >= 15 is 0 Å². The van der Waals surface area contributed by atoms with Crippen LogP contribution >= 0.6 is 70.7 Å². The molecule has 0 bridgehead atoms. The lowest BCUT2D eigenvalue weighted by Gasteiger charge is -2.12. The van der Waals surface area contributed by atoms with E-state index in [0.717, 1.165) is 23.3 Å². The van der Waals surface area contributed by atoms with E-state index in [1.54, 1.807) is 11.3 Å². The maximum Gasteiger partial charge on any atom is 0.171 e. The van der Waals surface area contributed by atoms with Crippen molar-refractivity contribution in [1.29, 1.82) is 0 Å². The summed E-state index contributed by atoms with van der Waals surface area (Å²) in [4.78, 5) is 10.2. The van der Waals surface area contributed by atoms with Crippen LogP contribution in [0.3, 0.4) is 0 Å². The summed E-state index contributed by atoms with van der Waals surface area (Å²) in [5.74, 6) is 1.20. The van der Waals surface area contributed by atoms with Gasteiger partial charge in [-0.25, -0.2) is 9.97 Å². The third-order valence-electron chi connectivity index (χ3n) is 3.44. The van der Waals surface area contributed by atoms with Crippen molar-refractivity contribution < 1.29 is 0 Å². The summed E-state index contributed by atoms with van der Waals surface area (Å²) < 4.78 is 2.91. The summed E-state index contributed by atoms with van der Waals surface area (Å²) in [5.41, 5.74) is 1.05. The van der Waals surface area contributed by atoms with Crippen LogP contribution in [0.15, 0.2) is 18.8 Å². The van der Waals surface area contributed by atoms with Gasteiger partial charge >= 0.3 is 0 Å². The molecule has 7 heteroatoms. The van der Waals surface area contributed by atoms with Crippen molar-refractivity contribution in [3.63, 3.8) is 0 Å². The quantitative estimate of drug-likeness (QED) is 0.423. The van der Waals surface area contributed by atoms with E-state index in [0.29, 0.717) is 16.9 Å². The van der Waals surface area contributed by atoms with Crippen LogP contribution in [0, 0.1) is 0 Å². The number of thiophene rings is 1. The Bertz CT molecular complexity index is 634. The second-order valence-electron chi connectivity index (χ2n) is 4.75. The van der Waals surface area contributed by atoms with Gasteiger partial charge in [-0.3, -0.25) is 0 Å². The van der Waals surface area contributed by atoms with E-state index in [1.807, 2.05) is 6.07 Å². The van der Waals surface area contributed by atoms with Crippen molar-refractivity contribution in [2.45, 2.75) is 31.6 Å². The Morgan fingerprint density at radius 2 is 1.85 bits per heavy atom. The molecule has 2 heterocycles. The highest BCUT2D eigenvalue weighted by Crippen LogP contribution is 2.42. The number of hydrogen-bond acceptors (Lipinski definition) is 3. The van der Waals surface area contributed by atoms with Crippen molar-refractivity contribution in [3.8, 4) is 10.7 Å². The fourth-order valence-electron chi connectivity index (χ4n) is 2.47. The molecule has 2 aromatic heterocycles. The summed E-state index contributed by atoms with van der Waals surface area (Å²) in [6.07, 6.45) is 4.90. The summed E-state index contributed by atoms with van der Waals surface area (Å²) in [6, 6.07) is 2.02. The van der Waals surface area contributed by atoms with E-state index in [-0.39, 0.29) is 0 Å². The SMILES string of the molecule is Clc1nc(-c2cc(Br)c(Br)s2)nc(C2CCCC2)c1Br. The average Bonchev–Trinajstić information content (AvgIpc) is 3.04. The summed E-state index contributed by atoms with van der Waals surface area (Å²) in [5, 5.41) is 0.498. The van der Waals surface area contributed by atoms with Crippen LogP contribution in [0.5, 0.6) is 0 Å². The second kappa shape index (κ2) is 6.32. The van der Waals surface area contributed by atoms with Gasteiger partial charge in [0.1, 0.15) is 5.15 Å². The Labute approximate surface area is 151 Å². The van der Waals surface area contributed by atoms with Crippen molar-refractivity contribution in [2.75, 3.05) is 0 Å². The summed E-state index contributed by atoms with van der Waals surface area (Å²) in [6.45, 7) is 0. The van der Waals surface area contributed by atoms with Crippen LogP contribution in [0.4, 0.5) is 0 Å². The predicted octanol–water partition coefficient (Wildman–Crippen LogP) is 6.80. The fraction of sp³-hybridized carbons (Fsp3) is 0.385. The van der Waals surface area contributed by atoms with E-state index in [2.05, 4.69) is 52.8 Å². The van der Waals surface area contributed by atoms with E-state index in [1.165, 1.54) is 25.7 Å². The number of nitrogens with zero attached hydrogens (tertiary/aromatic N) is 2. The van der Waals surface area contributed by atoms with Gasteiger partial charge in [-0.2, -0.15) is 0 Å². The average molecular weight is 501 g/mol. The molecule has 3 rings (SSSR count). The molecule has 0 atom stereocenters. The zero-order valence-corrected chi connectivity index (χ0v) is 16.6. The molecule has 0 N–H and O–H groups in total. The van der Waals surface area contributed by atoms with Crippen LogP contribution in [-0.4, -0.2) is 9.97 Å². The van der Waals surface area contributed by atoms with E-state index in [9.17, 15) is 0 Å². The summed E-state index contributed by atoms with van der Waals surface area (Å²) in [7, 11) is 0. The van der Waals surface area contributed by atoms with Crippen LogP contribution in [0.25, 0.3) is 10.7 Å². The molecule has 1 aliphatic rings. The van der Waals surface area contributed by atoms with Crippen molar-refractivity contribution in [2.24, 2.45) is 0 Å². The fourth-order valence-corrected chi connectivity index (χ4v) is 5.12. The molecule has 0 amide bonds. The zero-order chi connectivity index (χ0) is 14.3. The molecule has 20 heavy (non-hydrogen) atoms. The van der Waals surface area contributed by atoms with Crippen molar-refractivity contribution in [3.05, 3.63) is 29.6 Å². The molecule has 1 aliphatic carbocycles. The van der Waals surface area contributed by atoms with Gasteiger partial charge < -0.3 is 0 Å². The van der Waals surface area contributed by atoms with Gasteiger partial charge in [-0.15, -0.1) is 11.3 Å². The lowest BCUT2D eigenvalue weighted by molar-refractivity contribution is 0.691. The van der Waals surface area contributed by atoms with Gasteiger partial charge in [0.25, 0.3) is 0 Å². The minimum absolute atomic E-state index is 0.496. The van der Waals surface area contributed by atoms with Gasteiger partial charge in [-0.05, 0) is 66.7 Å². The first-order valence-electron chi connectivity index (χ1n) is 6.24. The number of hydrogen-bond donors (Lipinski definition) is 0. The molecule has 2 nitrogen and oxygen atoms in total. The van der Waals surface area contributed by atoms with Crippen molar-refractivity contribution >= 4 is 70.7 Å². The maximum absolute atomic E-state index is 6.28. The first kappa shape index (κ1) is 15.4. The van der Waals surface area contributed by atoms with Gasteiger partial charge in [0.15, 0.2) is 5.82 Å². The van der Waals surface area contributed by atoms with Crippen LogP contribution in [0.2, 0.25) is 5.15 Å². The third-order valence-corrected chi connectivity index (χ3v) is 7.98. The topological polar surface area (TPSA) is 25.8 Å². The van der Waals surface area contributed by atoms with E-state index < -0.39 is 0 Å². The highest BCUT2D eigenvalue weighted by molar-refractivity contribution is 9.13. The maximum atomic E-state index is 6.28. The highest BCUT2D eigenvalue weighted by atomic mass is 79.9. The van der Waals surface area contributed by atoms with Crippen LogP contribution < -0.4 is 0 Å². The molecule has 0 radical (unpaired) electrons. The monoisotopic (exact) mass is 498 g/mol. The first-order chi connectivity index (χ1) is 9.56. The van der Waals surface area contributed by atoms with Crippen molar-refractivity contribution in [1.82, 2.24) is 9.97 Å². The Hall–Kier alpha value is 0.510. The van der Waals surface area contributed by atoms with Gasteiger partial charge in [0, 0.05) is 10.4 Å². The molecule has 0 aromatic carbocycles. The van der Waals surface area contributed by atoms with Gasteiger partial charge in [-0.1, -0.05) is 24.4 Å². The molecule has 0 aliphatic heterocycles. The van der Waals surface area contributed by atoms with Crippen LogP contribution in [0.1, 0.15) is 37.3 Å². The van der Waals surface area contributed by atoms with Gasteiger partial charge in [0.2, 0.25) is 0 Å². The zero-order valence-electron chi connectivity index (χ0n) is 10.3. The molecule has 1 saturated carbocycles.